The van der Waals surface area contributed by atoms with Crippen molar-refractivity contribution in [2.24, 2.45) is 5.41 Å². The second-order valence-electron chi connectivity index (χ2n) is 6.06. The van der Waals surface area contributed by atoms with Crippen molar-refractivity contribution < 1.29 is 14.6 Å². The minimum absolute atomic E-state index is 0.408. The van der Waals surface area contributed by atoms with E-state index in [4.69, 9.17) is 4.52 Å². The zero-order valence-electron chi connectivity index (χ0n) is 11.0. The summed E-state index contributed by atoms with van der Waals surface area (Å²) in [6.45, 7) is 0. The summed E-state index contributed by atoms with van der Waals surface area (Å²) in [4.78, 5) is 4.46. The molecule has 0 bridgehead atoms. The van der Waals surface area contributed by atoms with Gasteiger partial charge in [-0.1, -0.05) is 29.4 Å². The van der Waals surface area contributed by atoms with Gasteiger partial charge in [-0.05, 0) is 36.6 Å². The van der Waals surface area contributed by atoms with E-state index in [0.717, 1.165) is 5.56 Å². The zero-order valence-corrected chi connectivity index (χ0v) is 11.0. The van der Waals surface area contributed by atoms with Gasteiger partial charge in [-0.2, -0.15) is 4.98 Å². The maximum atomic E-state index is 9.19. The molecule has 0 saturated heterocycles. The van der Waals surface area contributed by atoms with Crippen LogP contribution in [0.15, 0.2) is 28.8 Å². The second kappa shape index (κ2) is 4.17. The quantitative estimate of drug-likeness (QED) is 0.816. The molecule has 5 nitrogen and oxygen atoms in total. The summed E-state index contributed by atoms with van der Waals surface area (Å²) in [5.74, 6) is 1.64. The van der Waals surface area contributed by atoms with Gasteiger partial charge in [-0.15, -0.1) is 0 Å². The molecule has 2 aliphatic rings. The standard InChI is InChI=1S/C14H15BN2O3/c18-15(19)11-3-1-2-9(6-11)12-16-13(20-17-12)10-7-14(8-10)4-5-14/h1-3,6,10,18-19H,4-5,7-8H2. The highest BCUT2D eigenvalue weighted by Crippen LogP contribution is 2.65. The van der Waals surface area contributed by atoms with E-state index in [1.54, 1.807) is 18.2 Å². The van der Waals surface area contributed by atoms with Crippen LogP contribution in [-0.4, -0.2) is 27.3 Å². The van der Waals surface area contributed by atoms with Crippen molar-refractivity contribution in [2.75, 3.05) is 0 Å². The Morgan fingerprint density at radius 1 is 1.25 bits per heavy atom. The summed E-state index contributed by atoms with van der Waals surface area (Å²) in [6, 6.07) is 6.91. The topological polar surface area (TPSA) is 79.4 Å². The maximum absolute atomic E-state index is 9.19. The fourth-order valence-electron chi connectivity index (χ4n) is 3.10. The van der Waals surface area contributed by atoms with Crippen LogP contribution in [0.1, 0.15) is 37.5 Å². The molecule has 4 rings (SSSR count). The Morgan fingerprint density at radius 3 is 2.75 bits per heavy atom. The van der Waals surface area contributed by atoms with Gasteiger partial charge in [0.25, 0.3) is 0 Å². The summed E-state index contributed by atoms with van der Waals surface area (Å²) < 4.78 is 5.36. The first-order valence-electron chi connectivity index (χ1n) is 6.95. The van der Waals surface area contributed by atoms with Gasteiger partial charge >= 0.3 is 7.12 Å². The van der Waals surface area contributed by atoms with Crippen LogP contribution >= 0.6 is 0 Å². The highest BCUT2D eigenvalue weighted by Gasteiger charge is 2.54. The average molecular weight is 270 g/mol. The van der Waals surface area contributed by atoms with Crippen molar-refractivity contribution in [3.8, 4) is 11.4 Å². The summed E-state index contributed by atoms with van der Waals surface area (Å²) in [5, 5.41) is 22.4. The molecule has 1 heterocycles. The number of rotatable bonds is 3. The van der Waals surface area contributed by atoms with Gasteiger partial charge in [0.05, 0.1) is 0 Å². The van der Waals surface area contributed by atoms with E-state index in [1.807, 2.05) is 6.07 Å². The van der Waals surface area contributed by atoms with E-state index >= 15 is 0 Å². The Kier molecular flexibility index (Phi) is 2.52. The molecule has 1 spiro atoms. The number of nitrogens with zero attached hydrogens (tertiary/aromatic N) is 2. The zero-order chi connectivity index (χ0) is 13.7. The largest absolute Gasteiger partial charge is 0.488 e. The van der Waals surface area contributed by atoms with Crippen molar-refractivity contribution in [3.63, 3.8) is 0 Å². The van der Waals surface area contributed by atoms with Crippen LogP contribution in [0.2, 0.25) is 0 Å². The smallest absolute Gasteiger partial charge is 0.423 e. The van der Waals surface area contributed by atoms with Gasteiger partial charge in [0.2, 0.25) is 11.7 Å². The van der Waals surface area contributed by atoms with E-state index < -0.39 is 7.12 Å². The Hall–Kier alpha value is -1.66. The lowest BCUT2D eigenvalue weighted by Gasteiger charge is -2.32. The molecule has 20 heavy (non-hydrogen) atoms. The minimum Gasteiger partial charge on any atom is -0.423 e. The molecule has 0 amide bonds. The molecule has 0 aliphatic heterocycles. The first-order chi connectivity index (χ1) is 9.65. The van der Waals surface area contributed by atoms with Gasteiger partial charge in [0.15, 0.2) is 0 Å². The Bertz CT molecular complexity index is 643. The Labute approximate surface area is 116 Å². The van der Waals surface area contributed by atoms with E-state index in [2.05, 4.69) is 10.1 Å². The molecular formula is C14H15BN2O3. The van der Waals surface area contributed by atoms with E-state index in [9.17, 15) is 10.0 Å². The first kappa shape index (κ1) is 12.1. The molecule has 1 aromatic carbocycles. The average Bonchev–Trinajstić information content (AvgIpc) is 3.08. The SMILES string of the molecule is OB(O)c1cccc(-c2noc(C3CC4(CC4)C3)n2)c1. The van der Waals surface area contributed by atoms with Crippen LogP contribution in [0.5, 0.6) is 0 Å². The number of hydrogen-bond acceptors (Lipinski definition) is 5. The molecule has 2 aromatic rings. The van der Waals surface area contributed by atoms with E-state index in [0.29, 0.717) is 28.5 Å². The summed E-state index contributed by atoms with van der Waals surface area (Å²) in [7, 11) is -1.48. The second-order valence-corrected chi connectivity index (χ2v) is 6.06. The van der Waals surface area contributed by atoms with Crippen LogP contribution in [0.3, 0.4) is 0 Å². The predicted molar refractivity (Wildman–Crippen MR) is 73.2 cm³/mol. The molecule has 2 fully saturated rings. The highest BCUT2D eigenvalue weighted by molar-refractivity contribution is 6.58. The summed E-state index contributed by atoms with van der Waals surface area (Å²) >= 11 is 0. The normalized spacial score (nSPS) is 19.9. The lowest BCUT2D eigenvalue weighted by Crippen LogP contribution is -2.29. The molecule has 2 saturated carbocycles. The Balaban J connectivity index is 1.56. The van der Waals surface area contributed by atoms with Gasteiger partial charge in [0.1, 0.15) is 0 Å². The molecule has 0 radical (unpaired) electrons. The minimum atomic E-state index is -1.48. The van der Waals surface area contributed by atoms with Crippen molar-refractivity contribution in [3.05, 3.63) is 30.2 Å². The van der Waals surface area contributed by atoms with Crippen LogP contribution in [0.25, 0.3) is 11.4 Å². The third kappa shape index (κ3) is 1.96. The van der Waals surface area contributed by atoms with Crippen molar-refractivity contribution in [2.45, 2.75) is 31.6 Å². The van der Waals surface area contributed by atoms with E-state index in [-0.39, 0.29) is 0 Å². The fourth-order valence-corrected chi connectivity index (χ4v) is 3.10. The Morgan fingerprint density at radius 2 is 2.05 bits per heavy atom. The van der Waals surface area contributed by atoms with Gasteiger partial charge in [-0.25, -0.2) is 0 Å². The van der Waals surface area contributed by atoms with Crippen LogP contribution in [0.4, 0.5) is 0 Å². The van der Waals surface area contributed by atoms with Crippen molar-refractivity contribution in [1.29, 1.82) is 0 Å². The number of benzene rings is 1. The molecule has 2 aliphatic carbocycles. The summed E-state index contributed by atoms with van der Waals surface area (Å²) in [5.41, 5.74) is 1.78. The third-order valence-corrected chi connectivity index (χ3v) is 4.55. The number of hydrogen-bond donors (Lipinski definition) is 2. The van der Waals surface area contributed by atoms with Gasteiger partial charge < -0.3 is 14.6 Å². The highest BCUT2D eigenvalue weighted by atomic mass is 16.5. The molecule has 2 N–H and O–H groups in total. The predicted octanol–water partition coefficient (Wildman–Crippen LogP) is 1.07. The molecule has 6 heteroatoms. The molecule has 1 aromatic heterocycles. The first-order valence-corrected chi connectivity index (χ1v) is 6.95. The number of aromatic nitrogens is 2. The van der Waals surface area contributed by atoms with Crippen molar-refractivity contribution >= 4 is 12.6 Å². The van der Waals surface area contributed by atoms with Crippen molar-refractivity contribution in [1.82, 2.24) is 10.1 Å². The lowest BCUT2D eigenvalue weighted by molar-refractivity contribution is 0.192. The molecule has 0 unspecified atom stereocenters. The third-order valence-electron chi connectivity index (χ3n) is 4.55. The molecule has 102 valence electrons. The van der Waals surface area contributed by atoms with Gasteiger partial charge in [-0.3, -0.25) is 0 Å². The maximum Gasteiger partial charge on any atom is 0.488 e. The summed E-state index contributed by atoms with van der Waals surface area (Å²) in [6.07, 6.45) is 5.04. The lowest BCUT2D eigenvalue weighted by atomic mass is 9.72. The monoisotopic (exact) mass is 270 g/mol. The fraction of sp³-hybridized carbons (Fsp3) is 0.429. The van der Waals surface area contributed by atoms with Crippen LogP contribution in [-0.2, 0) is 0 Å². The van der Waals surface area contributed by atoms with E-state index in [1.165, 1.54) is 25.7 Å². The van der Waals surface area contributed by atoms with Crippen LogP contribution < -0.4 is 5.46 Å². The molecule has 0 atom stereocenters. The molecular weight excluding hydrogens is 255 g/mol. The van der Waals surface area contributed by atoms with Gasteiger partial charge in [0, 0.05) is 11.5 Å². The van der Waals surface area contributed by atoms with Crippen LogP contribution in [0, 0.1) is 5.41 Å².